The van der Waals surface area contributed by atoms with Crippen molar-refractivity contribution in [3.05, 3.63) is 30.1 Å². The maximum atomic E-state index is 5.81. The minimum Gasteiger partial charge on any atom is -0.327 e. The Labute approximate surface area is 114 Å². The second-order valence-corrected chi connectivity index (χ2v) is 4.68. The minimum atomic E-state index is -0.0241. The number of para-hydroxylation sites is 2. The first-order valence-corrected chi connectivity index (χ1v) is 6.94. The van der Waals surface area contributed by atoms with Crippen molar-refractivity contribution in [2.45, 2.75) is 45.7 Å². The monoisotopic (exact) mass is 255 g/mol. The molecule has 2 N–H and O–H groups in total. The zero-order chi connectivity index (χ0) is 13.7. The summed E-state index contributed by atoms with van der Waals surface area (Å²) in [5, 5.41) is 0. The Kier molecular flexibility index (Phi) is 4.59. The molecule has 1 unspecified atom stereocenters. The fourth-order valence-electron chi connectivity index (χ4n) is 2.10. The van der Waals surface area contributed by atoms with Crippen LogP contribution in [-0.2, 0) is 13.0 Å². The number of aryl methyl sites for hydroxylation is 1. The second kappa shape index (κ2) is 6.40. The van der Waals surface area contributed by atoms with E-state index in [4.69, 9.17) is 5.73 Å². The first-order chi connectivity index (χ1) is 9.26. The van der Waals surface area contributed by atoms with Gasteiger partial charge in [0.25, 0.3) is 0 Å². The van der Waals surface area contributed by atoms with Crippen LogP contribution in [0.1, 0.15) is 32.5 Å². The largest absolute Gasteiger partial charge is 0.327 e. The molecule has 100 valence electrons. The first kappa shape index (κ1) is 13.6. The smallest absolute Gasteiger partial charge is 0.121 e. The summed E-state index contributed by atoms with van der Waals surface area (Å²) in [6, 6.07) is 8.22. The van der Waals surface area contributed by atoms with Crippen LogP contribution >= 0.6 is 0 Å². The number of aromatic nitrogens is 2. The molecule has 1 atom stereocenters. The first-order valence-electron chi connectivity index (χ1n) is 6.94. The number of rotatable bonds is 4. The van der Waals surface area contributed by atoms with Gasteiger partial charge in [0, 0.05) is 6.54 Å². The number of imidazole rings is 1. The van der Waals surface area contributed by atoms with Crippen molar-refractivity contribution in [3.63, 3.8) is 0 Å². The molecule has 0 spiro atoms. The lowest BCUT2D eigenvalue weighted by molar-refractivity contribution is 0.668. The molecule has 0 saturated heterocycles. The lowest BCUT2D eigenvalue weighted by atomic mass is 10.2. The Morgan fingerprint density at radius 3 is 2.84 bits per heavy atom. The second-order valence-electron chi connectivity index (χ2n) is 4.68. The maximum absolute atomic E-state index is 5.81. The molecule has 1 heterocycles. The molecule has 1 aromatic carbocycles. The summed E-state index contributed by atoms with van der Waals surface area (Å²) in [6.07, 6.45) is 2.65. The van der Waals surface area contributed by atoms with E-state index < -0.39 is 0 Å². The van der Waals surface area contributed by atoms with Gasteiger partial charge in [0.2, 0.25) is 0 Å². The zero-order valence-corrected chi connectivity index (χ0v) is 11.7. The van der Waals surface area contributed by atoms with E-state index in [1.165, 1.54) is 5.52 Å². The number of fused-ring (bicyclic) bond motifs is 1. The molecular weight excluding hydrogens is 234 g/mol. The molecule has 0 fully saturated rings. The average Bonchev–Trinajstić information content (AvgIpc) is 2.77. The van der Waals surface area contributed by atoms with Gasteiger partial charge >= 0.3 is 0 Å². The summed E-state index contributed by atoms with van der Waals surface area (Å²) < 4.78 is 2.27. The summed E-state index contributed by atoms with van der Waals surface area (Å²) >= 11 is 0. The molecule has 19 heavy (non-hydrogen) atoms. The minimum absolute atomic E-state index is 0.0241. The fourth-order valence-corrected chi connectivity index (χ4v) is 2.10. The number of benzene rings is 1. The van der Waals surface area contributed by atoms with Crippen LogP contribution in [0.5, 0.6) is 0 Å². The Morgan fingerprint density at radius 1 is 1.32 bits per heavy atom. The van der Waals surface area contributed by atoms with Crippen LogP contribution in [0.15, 0.2) is 24.3 Å². The molecule has 0 amide bonds. The van der Waals surface area contributed by atoms with Crippen molar-refractivity contribution in [2.24, 2.45) is 5.73 Å². The van der Waals surface area contributed by atoms with Crippen LogP contribution in [-0.4, -0.2) is 15.6 Å². The molecular formula is C16H21N3. The van der Waals surface area contributed by atoms with Crippen molar-refractivity contribution in [2.75, 3.05) is 0 Å². The summed E-state index contributed by atoms with van der Waals surface area (Å²) in [7, 11) is 0. The van der Waals surface area contributed by atoms with Gasteiger partial charge in [-0.3, -0.25) is 0 Å². The van der Waals surface area contributed by atoms with Gasteiger partial charge < -0.3 is 10.3 Å². The summed E-state index contributed by atoms with van der Waals surface area (Å²) in [5.74, 6) is 7.26. The zero-order valence-electron chi connectivity index (χ0n) is 11.7. The maximum Gasteiger partial charge on any atom is 0.121 e. The molecule has 0 aliphatic rings. The third-order valence-electron chi connectivity index (χ3n) is 3.15. The van der Waals surface area contributed by atoms with Crippen LogP contribution < -0.4 is 5.73 Å². The summed E-state index contributed by atoms with van der Waals surface area (Å²) in [5.41, 5.74) is 8.05. The van der Waals surface area contributed by atoms with Crippen LogP contribution in [0.4, 0.5) is 0 Å². The molecule has 0 aliphatic carbocycles. The van der Waals surface area contributed by atoms with Crippen LogP contribution in [0.2, 0.25) is 0 Å². The highest BCUT2D eigenvalue weighted by Crippen LogP contribution is 2.16. The molecule has 0 aliphatic heterocycles. The third-order valence-corrected chi connectivity index (χ3v) is 3.15. The van der Waals surface area contributed by atoms with E-state index >= 15 is 0 Å². The van der Waals surface area contributed by atoms with Crippen molar-refractivity contribution in [3.8, 4) is 11.8 Å². The molecule has 3 heteroatoms. The number of nitrogens with zero attached hydrogens (tertiary/aromatic N) is 2. The highest BCUT2D eigenvalue weighted by Gasteiger charge is 2.08. The molecule has 2 aromatic rings. The van der Waals surface area contributed by atoms with Gasteiger partial charge in [-0.1, -0.05) is 37.8 Å². The topological polar surface area (TPSA) is 43.8 Å². The average molecular weight is 255 g/mol. The van der Waals surface area contributed by atoms with Gasteiger partial charge in [0.15, 0.2) is 0 Å². The van der Waals surface area contributed by atoms with Gasteiger partial charge in [-0.15, -0.1) is 0 Å². The number of hydrogen-bond donors (Lipinski definition) is 1. The van der Waals surface area contributed by atoms with E-state index in [0.717, 1.165) is 30.7 Å². The van der Waals surface area contributed by atoms with Crippen molar-refractivity contribution in [1.82, 2.24) is 9.55 Å². The lowest BCUT2D eigenvalue weighted by Gasteiger charge is -2.05. The predicted octanol–water partition coefficient (Wildman–Crippen LogP) is 2.73. The van der Waals surface area contributed by atoms with Crippen LogP contribution in [0, 0.1) is 11.8 Å². The normalized spacial score (nSPS) is 12.2. The van der Waals surface area contributed by atoms with Crippen molar-refractivity contribution in [1.29, 1.82) is 0 Å². The Bertz CT molecular complexity index is 601. The van der Waals surface area contributed by atoms with E-state index in [-0.39, 0.29) is 6.04 Å². The highest BCUT2D eigenvalue weighted by molar-refractivity contribution is 5.75. The predicted molar refractivity (Wildman–Crippen MR) is 79.8 cm³/mol. The molecule has 0 radical (unpaired) electrons. The van der Waals surface area contributed by atoms with Gasteiger partial charge in [0.05, 0.1) is 23.5 Å². The number of nitrogens with two attached hydrogens (primary N) is 1. The van der Waals surface area contributed by atoms with E-state index in [0.29, 0.717) is 6.42 Å². The quantitative estimate of drug-likeness (QED) is 0.854. The molecule has 1 aromatic heterocycles. The number of hydrogen-bond acceptors (Lipinski definition) is 2. The van der Waals surface area contributed by atoms with Crippen LogP contribution in [0.25, 0.3) is 11.0 Å². The molecule has 0 bridgehead atoms. The molecule has 2 rings (SSSR count). The Hall–Kier alpha value is -1.79. The molecule has 3 nitrogen and oxygen atoms in total. The van der Waals surface area contributed by atoms with E-state index in [9.17, 15) is 0 Å². The van der Waals surface area contributed by atoms with Gasteiger partial charge in [0.1, 0.15) is 5.82 Å². The van der Waals surface area contributed by atoms with Gasteiger partial charge in [-0.05, 0) is 25.0 Å². The SMILES string of the molecule is CCCn1c(CC#CC(N)CC)nc2ccccc21. The Balaban J connectivity index is 2.30. The van der Waals surface area contributed by atoms with Crippen LogP contribution in [0.3, 0.4) is 0 Å². The fraction of sp³-hybridized carbons (Fsp3) is 0.438. The summed E-state index contributed by atoms with van der Waals surface area (Å²) in [6.45, 7) is 5.21. The van der Waals surface area contributed by atoms with Gasteiger partial charge in [-0.25, -0.2) is 4.98 Å². The summed E-state index contributed by atoms with van der Waals surface area (Å²) in [4.78, 5) is 4.67. The van der Waals surface area contributed by atoms with E-state index in [1.54, 1.807) is 0 Å². The van der Waals surface area contributed by atoms with Gasteiger partial charge in [-0.2, -0.15) is 0 Å². The van der Waals surface area contributed by atoms with E-state index in [1.807, 2.05) is 13.0 Å². The third kappa shape index (κ3) is 3.15. The highest BCUT2D eigenvalue weighted by atomic mass is 15.1. The lowest BCUT2D eigenvalue weighted by Crippen LogP contribution is -2.15. The van der Waals surface area contributed by atoms with Crippen molar-refractivity contribution < 1.29 is 0 Å². The van der Waals surface area contributed by atoms with E-state index in [2.05, 4.69) is 46.5 Å². The molecule has 0 saturated carbocycles. The Morgan fingerprint density at radius 2 is 2.11 bits per heavy atom. The standard InChI is InChI=1S/C16H21N3/c1-3-12-19-15-10-6-5-9-14(15)18-16(19)11-7-8-13(17)4-2/h5-6,9-10,13H,3-4,11-12,17H2,1-2H3. The van der Waals surface area contributed by atoms with Crippen molar-refractivity contribution >= 4 is 11.0 Å².